The van der Waals surface area contributed by atoms with E-state index in [-0.39, 0.29) is 5.69 Å². The van der Waals surface area contributed by atoms with Crippen molar-refractivity contribution in [3.63, 3.8) is 0 Å². The molecule has 0 saturated carbocycles. The van der Waals surface area contributed by atoms with Gasteiger partial charge in [0.05, 0.1) is 28.9 Å². The first kappa shape index (κ1) is 15.1. The van der Waals surface area contributed by atoms with Crippen molar-refractivity contribution in [3.8, 4) is 6.07 Å². The number of nitriles is 1. The minimum atomic E-state index is -0.702. The number of hydrogen-bond acceptors (Lipinski definition) is 5. The highest BCUT2D eigenvalue weighted by Gasteiger charge is 2.12. The Hall–Kier alpha value is -3.79. The van der Waals surface area contributed by atoms with Crippen LogP contribution in [0.25, 0.3) is 11.0 Å². The van der Waals surface area contributed by atoms with Gasteiger partial charge in [0.1, 0.15) is 0 Å². The summed E-state index contributed by atoms with van der Waals surface area (Å²) in [5.41, 5.74) is 3.72. The molecule has 0 bridgehead atoms. The van der Waals surface area contributed by atoms with Crippen LogP contribution in [0.2, 0.25) is 0 Å². The van der Waals surface area contributed by atoms with Crippen LogP contribution >= 0.6 is 0 Å². The fourth-order valence-electron chi connectivity index (χ4n) is 2.05. The minimum Gasteiger partial charge on any atom is -0.319 e. The summed E-state index contributed by atoms with van der Waals surface area (Å²) in [6, 6.07) is 15.6. The molecular weight excluding hydrogens is 306 g/mol. The summed E-state index contributed by atoms with van der Waals surface area (Å²) in [5.74, 6) is -0.702. The van der Waals surface area contributed by atoms with Crippen LogP contribution in [0, 0.1) is 11.3 Å². The molecule has 0 aliphatic rings. The van der Waals surface area contributed by atoms with E-state index in [0.29, 0.717) is 22.2 Å². The molecule has 7 heteroatoms. The van der Waals surface area contributed by atoms with E-state index in [2.05, 4.69) is 20.5 Å². The molecule has 0 unspecified atom stereocenters. The van der Waals surface area contributed by atoms with Crippen LogP contribution in [0.4, 0.5) is 0 Å². The van der Waals surface area contributed by atoms with E-state index in [1.165, 1.54) is 6.21 Å². The van der Waals surface area contributed by atoms with E-state index >= 15 is 0 Å². The van der Waals surface area contributed by atoms with Gasteiger partial charge >= 0.3 is 0 Å². The highest BCUT2D eigenvalue weighted by molar-refractivity contribution is 5.94. The lowest BCUT2D eigenvalue weighted by Gasteiger charge is -2.01. The second kappa shape index (κ2) is 6.54. The molecule has 0 aliphatic heterocycles. The van der Waals surface area contributed by atoms with Crippen molar-refractivity contribution in [3.05, 3.63) is 75.7 Å². The molecule has 0 aliphatic carbocycles. The molecule has 1 amide bonds. The van der Waals surface area contributed by atoms with Gasteiger partial charge in [-0.2, -0.15) is 10.4 Å². The van der Waals surface area contributed by atoms with Crippen molar-refractivity contribution in [2.24, 2.45) is 5.10 Å². The van der Waals surface area contributed by atoms with E-state index in [4.69, 9.17) is 5.26 Å². The van der Waals surface area contributed by atoms with Crippen LogP contribution in [0.5, 0.6) is 0 Å². The van der Waals surface area contributed by atoms with Gasteiger partial charge in [0.2, 0.25) is 0 Å². The smallest absolute Gasteiger partial charge is 0.295 e. The molecule has 0 fully saturated rings. The first-order valence-corrected chi connectivity index (χ1v) is 7.00. The van der Waals surface area contributed by atoms with Crippen LogP contribution in [0.1, 0.15) is 21.6 Å². The number of aromatic nitrogens is 2. The molecule has 0 atom stereocenters. The Labute approximate surface area is 136 Å². The Morgan fingerprint density at radius 2 is 1.96 bits per heavy atom. The zero-order valence-electron chi connectivity index (χ0n) is 12.4. The van der Waals surface area contributed by atoms with Crippen molar-refractivity contribution in [1.29, 1.82) is 5.26 Å². The summed E-state index contributed by atoms with van der Waals surface area (Å²) in [7, 11) is 0. The van der Waals surface area contributed by atoms with E-state index in [1.54, 1.807) is 48.5 Å². The van der Waals surface area contributed by atoms with E-state index in [9.17, 15) is 9.59 Å². The zero-order chi connectivity index (χ0) is 16.9. The summed E-state index contributed by atoms with van der Waals surface area (Å²) in [6.45, 7) is 0. The van der Waals surface area contributed by atoms with Gasteiger partial charge in [0.25, 0.3) is 11.5 Å². The van der Waals surface area contributed by atoms with Crippen molar-refractivity contribution in [1.82, 2.24) is 15.4 Å². The van der Waals surface area contributed by atoms with Gasteiger partial charge in [-0.1, -0.05) is 24.3 Å². The molecule has 2 aromatic carbocycles. The highest BCUT2D eigenvalue weighted by atomic mass is 16.2. The lowest BCUT2D eigenvalue weighted by molar-refractivity contribution is 0.0949. The summed E-state index contributed by atoms with van der Waals surface area (Å²) in [5, 5.41) is 12.5. The summed E-state index contributed by atoms with van der Waals surface area (Å²) < 4.78 is 0. The van der Waals surface area contributed by atoms with E-state index in [0.717, 1.165) is 0 Å². The molecule has 2 N–H and O–H groups in total. The van der Waals surface area contributed by atoms with Crippen LogP contribution in [0.3, 0.4) is 0 Å². The second-order valence-electron chi connectivity index (χ2n) is 4.86. The lowest BCUT2D eigenvalue weighted by Crippen LogP contribution is -2.28. The van der Waals surface area contributed by atoms with Crippen LogP contribution in [0.15, 0.2) is 58.4 Å². The van der Waals surface area contributed by atoms with Gasteiger partial charge in [0.15, 0.2) is 5.69 Å². The number of carbonyl (C=O) groups is 1. The monoisotopic (exact) mass is 317 g/mol. The quantitative estimate of drug-likeness (QED) is 0.564. The third-order valence-electron chi connectivity index (χ3n) is 3.23. The number of nitrogens with zero attached hydrogens (tertiary/aromatic N) is 3. The fourth-order valence-corrected chi connectivity index (χ4v) is 2.05. The maximum atomic E-state index is 12.0. The van der Waals surface area contributed by atoms with Gasteiger partial charge in [-0.15, -0.1) is 0 Å². The number of para-hydroxylation sites is 2. The molecule has 7 nitrogen and oxygen atoms in total. The normalized spacial score (nSPS) is 10.6. The third kappa shape index (κ3) is 3.18. The Kier molecular flexibility index (Phi) is 4.12. The Balaban J connectivity index is 1.77. The average Bonchev–Trinajstić information content (AvgIpc) is 2.61. The summed E-state index contributed by atoms with van der Waals surface area (Å²) >= 11 is 0. The standard InChI is InChI=1S/C17H11N5O2/c18-9-11-5-7-12(8-6-11)10-19-22-17(24)15-16(23)21-14-4-2-1-3-13(14)20-15/h1-8,10H,(H,21,23)(H,22,24)/b19-10+. The number of nitrogens with one attached hydrogen (secondary N) is 2. The summed E-state index contributed by atoms with van der Waals surface area (Å²) in [4.78, 5) is 30.6. The molecular formula is C17H11N5O2. The predicted molar refractivity (Wildman–Crippen MR) is 88.6 cm³/mol. The number of aromatic amines is 1. The molecule has 0 radical (unpaired) electrons. The minimum absolute atomic E-state index is 0.259. The number of fused-ring (bicyclic) bond motifs is 1. The number of benzene rings is 2. The molecule has 3 aromatic rings. The van der Waals surface area contributed by atoms with Gasteiger partial charge in [-0.05, 0) is 29.8 Å². The zero-order valence-corrected chi connectivity index (χ0v) is 12.4. The lowest BCUT2D eigenvalue weighted by atomic mass is 10.2. The number of amides is 1. The first-order valence-electron chi connectivity index (χ1n) is 7.00. The molecule has 0 spiro atoms. The van der Waals surface area contributed by atoms with Gasteiger partial charge in [-0.25, -0.2) is 10.4 Å². The predicted octanol–water partition coefficient (Wildman–Crippen LogP) is 1.56. The van der Waals surface area contributed by atoms with Crippen LogP contribution < -0.4 is 11.0 Å². The largest absolute Gasteiger partial charge is 0.319 e. The summed E-state index contributed by atoms with van der Waals surface area (Å²) in [6.07, 6.45) is 1.41. The Morgan fingerprint density at radius 3 is 2.71 bits per heavy atom. The average molecular weight is 317 g/mol. The highest BCUT2D eigenvalue weighted by Crippen LogP contribution is 2.05. The number of hydrogen-bond donors (Lipinski definition) is 2. The van der Waals surface area contributed by atoms with Gasteiger partial charge in [0, 0.05) is 0 Å². The van der Waals surface area contributed by atoms with Crippen molar-refractivity contribution < 1.29 is 4.79 Å². The van der Waals surface area contributed by atoms with Gasteiger partial charge < -0.3 is 4.98 Å². The Morgan fingerprint density at radius 1 is 1.21 bits per heavy atom. The number of rotatable bonds is 3. The first-order chi connectivity index (χ1) is 11.7. The van der Waals surface area contributed by atoms with E-state index in [1.807, 2.05) is 6.07 Å². The topological polar surface area (TPSA) is 111 Å². The molecule has 24 heavy (non-hydrogen) atoms. The number of H-pyrrole nitrogens is 1. The van der Waals surface area contributed by atoms with Crippen LogP contribution in [-0.2, 0) is 0 Å². The third-order valence-corrected chi connectivity index (χ3v) is 3.23. The maximum Gasteiger partial charge on any atom is 0.295 e. The second-order valence-corrected chi connectivity index (χ2v) is 4.86. The van der Waals surface area contributed by atoms with Gasteiger partial charge in [-0.3, -0.25) is 9.59 Å². The molecule has 3 rings (SSSR count). The van der Waals surface area contributed by atoms with Crippen molar-refractivity contribution in [2.45, 2.75) is 0 Å². The molecule has 116 valence electrons. The van der Waals surface area contributed by atoms with Crippen LogP contribution in [-0.4, -0.2) is 22.1 Å². The van der Waals surface area contributed by atoms with Crippen molar-refractivity contribution >= 4 is 23.2 Å². The number of hydrazone groups is 1. The fraction of sp³-hybridized carbons (Fsp3) is 0. The molecule has 1 heterocycles. The maximum absolute atomic E-state index is 12.0. The number of carbonyl (C=O) groups excluding carboxylic acids is 1. The van der Waals surface area contributed by atoms with Crippen molar-refractivity contribution in [2.75, 3.05) is 0 Å². The Bertz CT molecular complexity index is 1030. The molecule has 0 saturated heterocycles. The SMILES string of the molecule is N#Cc1ccc(/C=N/NC(=O)c2nc3ccccc3[nH]c2=O)cc1. The molecule has 1 aromatic heterocycles. The van der Waals surface area contributed by atoms with E-state index < -0.39 is 11.5 Å².